The largest absolute Gasteiger partial charge is 0.327 e. The van der Waals surface area contributed by atoms with Crippen molar-refractivity contribution in [2.45, 2.75) is 63.7 Å². The molecule has 0 spiro atoms. The minimum atomic E-state index is -0.684. The molecule has 4 unspecified atom stereocenters. The lowest BCUT2D eigenvalue weighted by atomic mass is 9.87. The smallest absolute Gasteiger partial charge is 0.0501 e. The molecule has 1 aliphatic rings. The third kappa shape index (κ3) is 4.23. The van der Waals surface area contributed by atoms with Crippen LogP contribution >= 0.6 is 0 Å². The second-order valence-corrected chi connectivity index (χ2v) is 6.69. The van der Waals surface area contributed by atoms with Crippen LogP contribution < -0.4 is 5.73 Å². The highest BCUT2D eigenvalue weighted by molar-refractivity contribution is 7.85. The summed E-state index contributed by atoms with van der Waals surface area (Å²) >= 11 is 0. The van der Waals surface area contributed by atoms with Crippen LogP contribution in [0.3, 0.4) is 0 Å². The summed E-state index contributed by atoms with van der Waals surface area (Å²) in [6.45, 7) is 4.43. The van der Waals surface area contributed by atoms with Crippen LogP contribution in [0, 0.1) is 5.92 Å². The molecule has 0 saturated heterocycles. The van der Waals surface area contributed by atoms with E-state index in [1.165, 1.54) is 19.3 Å². The molecule has 0 radical (unpaired) electrons. The molecule has 0 aliphatic heterocycles. The highest BCUT2D eigenvalue weighted by Gasteiger charge is 2.29. The molecule has 90 valence electrons. The van der Waals surface area contributed by atoms with Gasteiger partial charge in [-0.2, -0.15) is 0 Å². The standard InChI is InChI=1S/C12H25NOS/c1-3-4-5-8-15(14)12-9-10(2)6-7-11(12)13/h10-12H,3-9,13H2,1-2H3. The summed E-state index contributed by atoms with van der Waals surface area (Å²) in [5, 5.41) is 0.269. The molecule has 1 rings (SSSR count). The minimum Gasteiger partial charge on any atom is -0.327 e. The van der Waals surface area contributed by atoms with E-state index in [0.29, 0.717) is 5.92 Å². The fourth-order valence-corrected chi connectivity index (χ4v) is 4.16. The molecule has 1 saturated carbocycles. The zero-order valence-electron chi connectivity index (χ0n) is 10.1. The van der Waals surface area contributed by atoms with Crippen LogP contribution in [0.4, 0.5) is 0 Å². The van der Waals surface area contributed by atoms with Gasteiger partial charge in [-0.1, -0.05) is 26.7 Å². The Morgan fingerprint density at radius 2 is 2.07 bits per heavy atom. The van der Waals surface area contributed by atoms with Gasteiger partial charge in [0, 0.05) is 22.6 Å². The number of nitrogens with two attached hydrogens (primary N) is 1. The summed E-state index contributed by atoms with van der Waals surface area (Å²) in [5.41, 5.74) is 6.05. The van der Waals surface area contributed by atoms with Gasteiger partial charge in [0.2, 0.25) is 0 Å². The fraction of sp³-hybridized carbons (Fsp3) is 1.00. The summed E-state index contributed by atoms with van der Waals surface area (Å²) in [6.07, 6.45) is 6.84. The predicted octanol–water partition coefficient (Wildman–Crippen LogP) is 2.44. The molecule has 0 amide bonds. The summed E-state index contributed by atoms with van der Waals surface area (Å²) < 4.78 is 12.1. The van der Waals surface area contributed by atoms with E-state index in [9.17, 15) is 4.21 Å². The Morgan fingerprint density at radius 3 is 2.73 bits per heavy atom. The molecular formula is C12H25NOS. The Labute approximate surface area is 96.5 Å². The molecule has 0 bridgehead atoms. The molecule has 2 nitrogen and oxygen atoms in total. The summed E-state index contributed by atoms with van der Waals surface area (Å²) in [6, 6.07) is 0.184. The Balaban J connectivity index is 2.35. The van der Waals surface area contributed by atoms with Crippen LogP contribution in [0.1, 0.15) is 52.4 Å². The van der Waals surface area contributed by atoms with Gasteiger partial charge < -0.3 is 5.73 Å². The van der Waals surface area contributed by atoms with E-state index in [2.05, 4.69) is 13.8 Å². The van der Waals surface area contributed by atoms with E-state index >= 15 is 0 Å². The Hall–Kier alpha value is 0.110. The van der Waals surface area contributed by atoms with Gasteiger partial charge in [0.25, 0.3) is 0 Å². The summed E-state index contributed by atoms with van der Waals surface area (Å²) in [5.74, 6) is 1.57. The lowest BCUT2D eigenvalue weighted by molar-refractivity contribution is 0.352. The van der Waals surface area contributed by atoms with E-state index in [4.69, 9.17) is 5.73 Å². The maximum absolute atomic E-state index is 12.1. The average Bonchev–Trinajstić information content (AvgIpc) is 2.22. The van der Waals surface area contributed by atoms with Crippen molar-refractivity contribution in [3.8, 4) is 0 Å². The third-order valence-electron chi connectivity index (χ3n) is 3.39. The quantitative estimate of drug-likeness (QED) is 0.739. The molecule has 3 heteroatoms. The maximum Gasteiger partial charge on any atom is 0.0501 e. The topological polar surface area (TPSA) is 43.1 Å². The first kappa shape index (κ1) is 13.2. The Bertz CT molecular complexity index is 208. The van der Waals surface area contributed by atoms with Crippen LogP contribution in [-0.4, -0.2) is 21.3 Å². The first-order valence-corrected chi connectivity index (χ1v) is 7.66. The fourth-order valence-electron chi connectivity index (χ4n) is 2.30. The molecule has 0 aromatic heterocycles. The van der Waals surface area contributed by atoms with E-state index in [-0.39, 0.29) is 11.3 Å². The lowest BCUT2D eigenvalue weighted by Crippen LogP contribution is -2.43. The van der Waals surface area contributed by atoms with Crippen LogP contribution in [0.15, 0.2) is 0 Å². The molecule has 0 aromatic rings. The van der Waals surface area contributed by atoms with E-state index in [1.54, 1.807) is 0 Å². The van der Waals surface area contributed by atoms with E-state index < -0.39 is 10.8 Å². The van der Waals surface area contributed by atoms with Gasteiger partial charge in [-0.15, -0.1) is 0 Å². The highest BCUT2D eigenvalue weighted by atomic mass is 32.2. The number of rotatable bonds is 5. The molecule has 1 aliphatic carbocycles. The van der Waals surface area contributed by atoms with Crippen molar-refractivity contribution < 1.29 is 4.21 Å². The first-order chi connectivity index (χ1) is 7.15. The predicted molar refractivity (Wildman–Crippen MR) is 67.3 cm³/mol. The van der Waals surface area contributed by atoms with Crippen molar-refractivity contribution in [2.24, 2.45) is 11.7 Å². The van der Waals surface area contributed by atoms with Crippen molar-refractivity contribution in [2.75, 3.05) is 5.75 Å². The Kier molecular flexibility index (Phi) is 5.83. The van der Waals surface area contributed by atoms with Crippen molar-refractivity contribution in [3.05, 3.63) is 0 Å². The second-order valence-electron chi connectivity index (χ2n) is 4.91. The van der Waals surface area contributed by atoms with E-state index in [1.807, 2.05) is 0 Å². The maximum atomic E-state index is 12.1. The Morgan fingerprint density at radius 1 is 1.33 bits per heavy atom. The van der Waals surface area contributed by atoms with Gasteiger partial charge >= 0.3 is 0 Å². The molecule has 2 N–H and O–H groups in total. The van der Waals surface area contributed by atoms with Gasteiger partial charge in [-0.3, -0.25) is 4.21 Å². The zero-order chi connectivity index (χ0) is 11.3. The van der Waals surface area contributed by atoms with Crippen molar-refractivity contribution in [3.63, 3.8) is 0 Å². The monoisotopic (exact) mass is 231 g/mol. The van der Waals surface area contributed by atoms with Gasteiger partial charge in [-0.05, 0) is 31.6 Å². The molecular weight excluding hydrogens is 206 g/mol. The van der Waals surface area contributed by atoms with Crippen molar-refractivity contribution >= 4 is 10.8 Å². The van der Waals surface area contributed by atoms with Gasteiger partial charge in [-0.25, -0.2) is 0 Å². The van der Waals surface area contributed by atoms with Crippen molar-refractivity contribution in [1.29, 1.82) is 0 Å². The molecule has 0 heterocycles. The number of hydrogen-bond donors (Lipinski definition) is 1. The first-order valence-electron chi connectivity index (χ1n) is 6.28. The zero-order valence-corrected chi connectivity index (χ0v) is 10.9. The van der Waals surface area contributed by atoms with E-state index in [0.717, 1.165) is 25.0 Å². The average molecular weight is 231 g/mol. The molecule has 1 fully saturated rings. The third-order valence-corrected chi connectivity index (χ3v) is 5.30. The van der Waals surface area contributed by atoms with Crippen LogP contribution in [0.5, 0.6) is 0 Å². The van der Waals surface area contributed by atoms with Crippen LogP contribution in [-0.2, 0) is 10.8 Å². The lowest BCUT2D eigenvalue weighted by Gasteiger charge is -2.31. The molecule has 0 aromatic carbocycles. The van der Waals surface area contributed by atoms with Gasteiger partial charge in [0.15, 0.2) is 0 Å². The van der Waals surface area contributed by atoms with Gasteiger partial charge in [0.1, 0.15) is 0 Å². The SMILES string of the molecule is CCCCCS(=O)C1CC(C)CCC1N. The van der Waals surface area contributed by atoms with Crippen LogP contribution in [0.2, 0.25) is 0 Å². The minimum absolute atomic E-state index is 0.184. The second kappa shape index (κ2) is 6.64. The highest BCUT2D eigenvalue weighted by Crippen LogP contribution is 2.26. The number of hydrogen-bond acceptors (Lipinski definition) is 2. The summed E-state index contributed by atoms with van der Waals surface area (Å²) in [4.78, 5) is 0. The normalized spacial score (nSPS) is 33.9. The number of unbranched alkanes of at least 4 members (excludes halogenated alkanes) is 2. The van der Waals surface area contributed by atoms with Crippen LogP contribution in [0.25, 0.3) is 0 Å². The summed E-state index contributed by atoms with van der Waals surface area (Å²) in [7, 11) is -0.684. The van der Waals surface area contributed by atoms with Crippen molar-refractivity contribution in [1.82, 2.24) is 0 Å². The molecule has 4 atom stereocenters. The van der Waals surface area contributed by atoms with Gasteiger partial charge in [0.05, 0.1) is 5.25 Å². The molecule has 15 heavy (non-hydrogen) atoms.